The Labute approximate surface area is 162 Å². The van der Waals surface area contributed by atoms with Crippen LogP contribution in [0.5, 0.6) is 0 Å². The van der Waals surface area contributed by atoms with Crippen LogP contribution < -0.4 is 11.1 Å². The standard InChI is InChI=1S/C17H18F3N5O4/c18-17(19,20)29-9-6-8(7-9)23-16(27)10-3-4-22-15-12(14(21)26)13(24-25(10)15)11-2-1-5-28-11/h3-4,8-9,11H,1-2,5-7H2,(H2,21,26)(H,23,27)/t8-,9+,11?. The van der Waals surface area contributed by atoms with Crippen molar-refractivity contribution < 1.29 is 32.2 Å². The van der Waals surface area contributed by atoms with E-state index in [2.05, 4.69) is 20.1 Å². The van der Waals surface area contributed by atoms with Crippen LogP contribution in [-0.4, -0.2) is 51.5 Å². The molecular weight excluding hydrogens is 395 g/mol. The highest BCUT2D eigenvalue weighted by Gasteiger charge is 2.41. The second-order valence-corrected chi connectivity index (χ2v) is 7.02. The maximum atomic E-state index is 12.7. The third kappa shape index (κ3) is 3.90. The molecule has 2 fully saturated rings. The van der Waals surface area contributed by atoms with Crippen LogP contribution in [0.1, 0.15) is 58.3 Å². The molecule has 2 amide bonds. The van der Waals surface area contributed by atoms with Crippen molar-refractivity contribution in [2.75, 3.05) is 6.61 Å². The maximum Gasteiger partial charge on any atom is 0.522 e. The Morgan fingerprint density at radius 2 is 2.10 bits per heavy atom. The van der Waals surface area contributed by atoms with Gasteiger partial charge < -0.3 is 15.8 Å². The smallest absolute Gasteiger partial charge is 0.372 e. The van der Waals surface area contributed by atoms with Gasteiger partial charge in [0.2, 0.25) is 0 Å². The van der Waals surface area contributed by atoms with Crippen LogP contribution >= 0.6 is 0 Å². The lowest BCUT2D eigenvalue weighted by Crippen LogP contribution is -2.49. The lowest BCUT2D eigenvalue weighted by atomic mass is 9.89. The van der Waals surface area contributed by atoms with Crippen molar-refractivity contribution in [3.05, 3.63) is 29.2 Å². The van der Waals surface area contributed by atoms with Crippen LogP contribution in [0.15, 0.2) is 12.3 Å². The minimum Gasteiger partial charge on any atom is -0.372 e. The second-order valence-electron chi connectivity index (χ2n) is 7.02. The Kier molecular flexibility index (Phi) is 4.90. The average Bonchev–Trinajstić information content (AvgIpc) is 3.25. The van der Waals surface area contributed by atoms with Crippen LogP contribution in [0.2, 0.25) is 0 Å². The molecule has 2 aromatic heterocycles. The molecule has 1 atom stereocenters. The summed E-state index contributed by atoms with van der Waals surface area (Å²) in [6.45, 7) is 0.528. The van der Waals surface area contributed by atoms with Gasteiger partial charge in [0.1, 0.15) is 23.1 Å². The summed E-state index contributed by atoms with van der Waals surface area (Å²) >= 11 is 0. The summed E-state index contributed by atoms with van der Waals surface area (Å²) in [6, 6.07) is 0.948. The normalized spacial score (nSPS) is 24.4. The lowest BCUT2D eigenvalue weighted by molar-refractivity contribution is -0.351. The maximum absolute atomic E-state index is 12.7. The van der Waals surface area contributed by atoms with Crippen LogP contribution in [-0.2, 0) is 9.47 Å². The van der Waals surface area contributed by atoms with Gasteiger partial charge in [0.15, 0.2) is 5.65 Å². The molecule has 29 heavy (non-hydrogen) atoms. The van der Waals surface area contributed by atoms with E-state index < -0.39 is 36.4 Å². The number of carbonyl (C=O) groups is 2. The number of halogens is 3. The first-order chi connectivity index (χ1) is 13.7. The minimum atomic E-state index is -4.70. The number of nitrogens with one attached hydrogen (secondary N) is 1. The van der Waals surface area contributed by atoms with Crippen molar-refractivity contribution in [1.29, 1.82) is 0 Å². The lowest BCUT2D eigenvalue weighted by Gasteiger charge is -2.35. The molecule has 0 radical (unpaired) electrons. The van der Waals surface area contributed by atoms with E-state index in [0.29, 0.717) is 18.7 Å². The van der Waals surface area contributed by atoms with Gasteiger partial charge in [0.25, 0.3) is 11.8 Å². The monoisotopic (exact) mass is 413 g/mol. The van der Waals surface area contributed by atoms with Crippen LogP contribution in [0.4, 0.5) is 13.2 Å². The van der Waals surface area contributed by atoms with Gasteiger partial charge in [-0.15, -0.1) is 13.2 Å². The molecule has 12 heteroatoms. The number of nitrogens with zero attached hydrogens (tertiary/aromatic N) is 3. The molecule has 3 heterocycles. The van der Waals surface area contributed by atoms with E-state index >= 15 is 0 Å². The molecule has 0 aromatic carbocycles. The van der Waals surface area contributed by atoms with Crippen molar-refractivity contribution in [3.8, 4) is 0 Å². The Hall–Kier alpha value is -2.73. The second kappa shape index (κ2) is 7.26. The van der Waals surface area contributed by atoms with E-state index in [1.54, 1.807) is 0 Å². The number of hydrogen-bond acceptors (Lipinski definition) is 6. The van der Waals surface area contributed by atoms with E-state index in [9.17, 15) is 22.8 Å². The highest BCUT2D eigenvalue weighted by Crippen LogP contribution is 2.32. The zero-order chi connectivity index (χ0) is 20.8. The highest BCUT2D eigenvalue weighted by molar-refractivity contribution is 6.01. The van der Waals surface area contributed by atoms with Gasteiger partial charge in [0, 0.05) is 18.8 Å². The summed E-state index contributed by atoms with van der Waals surface area (Å²) in [7, 11) is 0. The molecule has 2 aliphatic rings. The van der Waals surface area contributed by atoms with Crippen LogP contribution in [0.25, 0.3) is 5.65 Å². The van der Waals surface area contributed by atoms with Crippen molar-refractivity contribution in [2.45, 2.75) is 50.3 Å². The Morgan fingerprint density at radius 1 is 1.34 bits per heavy atom. The van der Waals surface area contributed by atoms with Gasteiger partial charge in [-0.3, -0.25) is 14.3 Å². The molecule has 2 aromatic rings. The number of ether oxygens (including phenoxy) is 2. The molecule has 3 N–H and O–H groups in total. The SMILES string of the molecule is NC(=O)c1c(C2CCCO2)nn2c(C(=O)N[C@H]3C[C@@H](OC(F)(F)F)C3)ccnc12. The fourth-order valence-corrected chi connectivity index (χ4v) is 3.62. The fourth-order valence-electron chi connectivity index (χ4n) is 3.62. The Morgan fingerprint density at radius 3 is 2.72 bits per heavy atom. The molecule has 0 spiro atoms. The predicted octanol–water partition coefficient (Wildman–Crippen LogP) is 1.48. The predicted molar refractivity (Wildman–Crippen MR) is 90.8 cm³/mol. The van der Waals surface area contributed by atoms with Crippen molar-refractivity contribution in [3.63, 3.8) is 0 Å². The molecule has 0 bridgehead atoms. The van der Waals surface area contributed by atoms with Gasteiger partial charge in [-0.1, -0.05) is 0 Å². The molecule has 156 valence electrons. The molecule has 1 unspecified atom stereocenters. The van der Waals surface area contributed by atoms with Crippen molar-refractivity contribution >= 4 is 17.5 Å². The summed E-state index contributed by atoms with van der Waals surface area (Å²) < 4.78 is 47.4. The largest absolute Gasteiger partial charge is 0.522 e. The summed E-state index contributed by atoms with van der Waals surface area (Å²) in [5, 5.41) is 6.99. The number of hydrogen-bond donors (Lipinski definition) is 2. The number of amides is 2. The number of primary amides is 1. The first-order valence-electron chi connectivity index (χ1n) is 9.07. The van der Waals surface area contributed by atoms with E-state index in [0.717, 1.165) is 6.42 Å². The minimum absolute atomic E-state index is 0.0479. The Bertz CT molecular complexity index is 948. The molecule has 4 rings (SSSR count). The number of alkyl halides is 3. The summed E-state index contributed by atoms with van der Waals surface area (Å²) in [5.74, 6) is -1.29. The van der Waals surface area contributed by atoms with E-state index in [1.807, 2.05) is 0 Å². The molecule has 9 nitrogen and oxygen atoms in total. The number of carbonyl (C=O) groups excluding carboxylic acids is 2. The quantitative estimate of drug-likeness (QED) is 0.766. The fraction of sp³-hybridized carbons (Fsp3) is 0.529. The number of nitrogens with two attached hydrogens (primary N) is 1. The highest BCUT2D eigenvalue weighted by atomic mass is 19.4. The number of fused-ring (bicyclic) bond motifs is 1. The zero-order valence-electron chi connectivity index (χ0n) is 15.1. The number of aromatic nitrogens is 3. The molecule has 1 aliphatic carbocycles. The summed E-state index contributed by atoms with van der Waals surface area (Å²) in [5.41, 5.74) is 6.13. The molecule has 1 aliphatic heterocycles. The van der Waals surface area contributed by atoms with Gasteiger partial charge in [-0.05, 0) is 31.7 Å². The topological polar surface area (TPSA) is 121 Å². The first kappa shape index (κ1) is 19.6. The van der Waals surface area contributed by atoms with Gasteiger partial charge in [-0.2, -0.15) is 5.10 Å². The van der Waals surface area contributed by atoms with Gasteiger partial charge in [-0.25, -0.2) is 9.50 Å². The van der Waals surface area contributed by atoms with E-state index in [4.69, 9.17) is 10.5 Å². The van der Waals surface area contributed by atoms with Crippen molar-refractivity contribution in [2.24, 2.45) is 5.73 Å². The Balaban J connectivity index is 1.56. The average molecular weight is 413 g/mol. The van der Waals surface area contributed by atoms with Gasteiger partial charge in [0.05, 0.1) is 6.10 Å². The third-order valence-electron chi connectivity index (χ3n) is 4.99. The number of rotatable bonds is 5. The van der Waals surface area contributed by atoms with Crippen molar-refractivity contribution in [1.82, 2.24) is 19.9 Å². The molecule has 1 saturated carbocycles. The zero-order valence-corrected chi connectivity index (χ0v) is 15.1. The van der Waals surface area contributed by atoms with Crippen LogP contribution in [0, 0.1) is 0 Å². The first-order valence-corrected chi connectivity index (χ1v) is 9.07. The summed E-state index contributed by atoms with van der Waals surface area (Å²) in [4.78, 5) is 28.8. The van der Waals surface area contributed by atoms with E-state index in [1.165, 1.54) is 16.8 Å². The summed E-state index contributed by atoms with van der Waals surface area (Å²) in [6.07, 6.45) is -3.19. The third-order valence-corrected chi connectivity index (χ3v) is 4.99. The van der Waals surface area contributed by atoms with E-state index in [-0.39, 0.29) is 29.7 Å². The molecular formula is C17H18F3N5O4. The van der Waals surface area contributed by atoms with Gasteiger partial charge >= 0.3 is 6.36 Å². The molecule has 1 saturated heterocycles. The van der Waals surface area contributed by atoms with Crippen LogP contribution in [0.3, 0.4) is 0 Å².